The molecule has 1 atom stereocenters. The van der Waals surface area contributed by atoms with Crippen LogP contribution in [0.5, 0.6) is 0 Å². The number of hydrogen-bond acceptors (Lipinski definition) is 3. The van der Waals surface area contributed by atoms with Crippen molar-refractivity contribution in [1.29, 1.82) is 0 Å². The summed E-state index contributed by atoms with van der Waals surface area (Å²) in [5, 5.41) is 2.58. The van der Waals surface area contributed by atoms with Crippen LogP contribution in [0.15, 0.2) is 30.3 Å². The third-order valence-electron chi connectivity index (χ3n) is 2.62. The molecule has 1 aromatic carbocycles. The zero-order chi connectivity index (χ0) is 16.0. The first-order valence-electron chi connectivity index (χ1n) is 6.95. The van der Waals surface area contributed by atoms with Crippen LogP contribution in [0.3, 0.4) is 0 Å². The molecule has 1 N–H and O–H groups in total. The van der Waals surface area contributed by atoms with Crippen molar-refractivity contribution in [2.24, 2.45) is 0 Å². The molecule has 21 heavy (non-hydrogen) atoms. The Morgan fingerprint density at radius 1 is 1.19 bits per heavy atom. The van der Waals surface area contributed by atoms with Crippen molar-refractivity contribution < 1.29 is 14.3 Å². The SMILES string of the molecule is Cc1ccc(/C=C/C(=O)N[C@H](C)C(=O)OC(C)(C)C)cc1. The van der Waals surface area contributed by atoms with Crippen LogP contribution < -0.4 is 5.32 Å². The largest absolute Gasteiger partial charge is 0.458 e. The molecule has 0 aliphatic rings. The summed E-state index contributed by atoms with van der Waals surface area (Å²) in [5.41, 5.74) is 1.53. The van der Waals surface area contributed by atoms with Gasteiger partial charge in [-0.3, -0.25) is 4.79 Å². The van der Waals surface area contributed by atoms with Crippen LogP contribution in [0.4, 0.5) is 0 Å². The monoisotopic (exact) mass is 289 g/mol. The van der Waals surface area contributed by atoms with Crippen LogP contribution >= 0.6 is 0 Å². The van der Waals surface area contributed by atoms with E-state index in [1.165, 1.54) is 6.08 Å². The maximum Gasteiger partial charge on any atom is 0.328 e. The average molecular weight is 289 g/mol. The minimum atomic E-state index is -0.681. The standard InChI is InChI=1S/C17H23NO3/c1-12-6-8-14(9-7-12)10-11-15(19)18-13(2)16(20)21-17(3,4)5/h6-11,13H,1-5H3,(H,18,19)/b11-10+/t13-/m1/s1. The van der Waals surface area contributed by atoms with Crippen molar-refractivity contribution in [3.8, 4) is 0 Å². The molecular weight excluding hydrogens is 266 g/mol. The highest BCUT2D eigenvalue weighted by Crippen LogP contribution is 2.08. The Morgan fingerprint density at radius 3 is 2.29 bits per heavy atom. The van der Waals surface area contributed by atoms with Gasteiger partial charge in [0.05, 0.1) is 0 Å². The van der Waals surface area contributed by atoms with Crippen LogP contribution in [0.25, 0.3) is 6.08 Å². The Hall–Kier alpha value is -2.10. The van der Waals surface area contributed by atoms with Gasteiger partial charge in [-0.15, -0.1) is 0 Å². The van der Waals surface area contributed by atoms with E-state index < -0.39 is 17.6 Å². The second-order valence-electron chi connectivity index (χ2n) is 6.01. The van der Waals surface area contributed by atoms with Crippen molar-refractivity contribution >= 4 is 18.0 Å². The Labute approximate surface area is 126 Å². The molecule has 1 rings (SSSR count). The molecule has 1 amide bonds. The van der Waals surface area contributed by atoms with E-state index >= 15 is 0 Å². The number of carbonyl (C=O) groups is 2. The molecule has 0 aromatic heterocycles. The van der Waals surface area contributed by atoms with Gasteiger partial charge in [-0.2, -0.15) is 0 Å². The molecule has 4 heteroatoms. The van der Waals surface area contributed by atoms with Gasteiger partial charge in [0, 0.05) is 6.08 Å². The number of aryl methyl sites for hydroxylation is 1. The van der Waals surface area contributed by atoms with E-state index in [0.29, 0.717) is 0 Å². The Bertz CT molecular complexity index is 524. The van der Waals surface area contributed by atoms with E-state index in [1.54, 1.807) is 33.8 Å². The van der Waals surface area contributed by atoms with Crippen LogP contribution in [0, 0.1) is 6.92 Å². The molecule has 0 saturated carbocycles. The van der Waals surface area contributed by atoms with Crippen molar-refractivity contribution in [3.05, 3.63) is 41.5 Å². The third-order valence-corrected chi connectivity index (χ3v) is 2.62. The maximum atomic E-state index is 11.8. The predicted octanol–water partition coefficient (Wildman–Crippen LogP) is 2.85. The summed E-state index contributed by atoms with van der Waals surface area (Å²) < 4.78 is 5.20. The summed E-state index contributed by atoms with van der Waals surface area (Å²) in [6, 6.07) is 7.12. The van der Waals surface area contributed by atoms with Gasteiger partial charge in [0.25, 0.3) is 0 Å². The normalized spacial score (nSPS) is 13.0. The summed E-state index contributed by atoms with van der Waals surface area (Å²) in [4.78, 5) is 23.5. The number of rotatable bonds is 4. The first-order valence-corrected chi connectivity index (χ1v) is 6.95. The van der Waals surface area contributed by atoms with Gasteiger partial charge in [-0.05, 0) is 46.3 Å². The van der Waals surface area contributed by atoms with E-state index in [0.717, 1.165) is 11.1 Å². The molecule has 1 aromatic rings. The highest BCUT2D eigenvalue weighted by Gasteiger charge is 2.22. The summed E-state index contributed by atoms with van der Waals surface area (Å²) in [6.45, 7) is 8.97. The maximum absolute atomic E-state index is 11.8. The first-order chi connectivity index (χ1) is 9.67. The molecule has 0 aliphatic heterocycles. The van der Waals surface area contributed by atoms with Crippen LogP contribution in [-0.4, -0.2) is 23.5 Å². The molecule has 0 unspecified atom stereocenters. The lowest BCUT2D eigenvalue weighted by molar-refractivity contribution is -0.157. The number of esters is 1. The number of ether oxygens (including phenoxy) is 1. The van der Waals surface area contributed by atoms with Gasteiger partial charge in [0.15, 0.2) is 0 Å². The topological polar surface area (TPSA) is 55.4 Å². The molecule has 0 heterocycles. The lowest BCUT2D eigenvalue weighted by atomic mass is 10.1. The van der Waals surface area contributed by atoms with E-state index in [9.17, 15) is 9.59 Å². The van der Waals surface area contributed by atoms with Gasteiger partial charge >= 0.3 is 5.97 Å². The highest BCUT2D eigenvalue weighted by molar-refractivity contribution is 5.94. The molecule has 4 nitrogen and oxygen atoms in total. The zero-order valence-corrected chi connectivity index (χ0v) is 13.3. The molecule has 114 valence electrons. The quantitative estimate of drug-likeness (QED) is 0.685. The summed E-state index contributed by atoms with van der Waals surface area (Å²) in [7, 11) is 0. The number of hydrogen-bond donors (Lipinski definition) is 1. The van der Waals surface area contributed by atoms with Gasteiger partial charge in [-0.25, -0.2) is 4.79 Å². The minimum Gasteiger partial charge on any atom is -0.458 e. The van der Waals surface area contributed by atoms with E-state index in [2.05, 4.69) is 5.32 Å². The molecule has 0 aliphatic carbocycles. The third kappa shape index (κ3) is 6.75. The lowest BCUT2D eigenvalue weighted by Crippen LogP contribution is -2.41. The van der Waals surface area contributed by atoms with E-state index in [-0.39, 0.29) is 5.91 Å². The number of benzene rings is 1. The fourth-order valence-corrected chi connectivity index (χ4v) is 1.56. The van der Waals surface area contributed by atoms with E-state index in [4.69, 9.17) is 4.74 Å². The Kier molecular flexibility index (Phi) is 5.70. The molecule has 0 radical (unpaired) electrons. The molecule has 0 saturated heterocycles. The fraction of sp³-hybridized carbons (Fsp3) is 0.412. The molecule has 0 bridgehead atoms. The Morgan fingerprint density at radius 2 is 1.76 bits per heavy atom. The Balaban J connectivity index is 2.53. The summed E-state index contributed by atoms with van der Waals surface area (Å²) >= 11 is 0. The minimum absolute atomic E-state index is 0.325. The van der Waals surface area contributed by atoms with Crippen molar-refractivity contribution in [3.63, 3.8) is 0 Å². The summed E-state index contributed by atoms with van der Waals surface area (Å²) in [5.74, 6) is -0.770. The predicted molar refractivity (Wildman–Crippen MR) is 83.7 cm³/mol. The smallest absolute Gasteiger partial charge is 0.328 e. The fourth-order valence-electron chi connectivity index (χ4n) is 1.56. The summed E-state index contributed by atoms with van der Waals surface area (Å²) in [6.07, 6.45) is 3.11. The molecule has 0 fully saturated rings. The van der Waals surface area contributed by atoms with Gasteiger partial charge in [0.2, 0.25) is 5.91 Å². The lowest BCUT2D eigenvalue weighted by Gasteiger charge is -2.22. The molecule has 0 spiro atoms. The number of nitrogens with one attached hydrogen (secondary N) is 1. The average Bonchev–Trinajstić information content (AvgIpc) is 2.36. The van der Waals surface area contributed by atoms with Crippen molar-refractivity contribution in [2.75, 3.05) is 0 Å². The van der Waals surface area contributed by atoms with Crippen molar-refractivity contribution in [1.82, 2.24) is 5.32 Å². The second-order valence-corrected chi connectivity index (χ2v) is 6.01. The zero-order valence-electron chi connectivity index (χ0n) is 13.3. The molecular formula is C17H23NO3. The van der Waals surface area contributed by atoms with Gasteiger partial charge in [-0.1, -0.05) is 29.8 Å². The van der Waals surface area contributed by atoms with Crippen LogP contribution in [0.1, 0.15) is 38.8 Å². The van der Waals surface area contributed by atoms with Crippen LogP contribution in [0.2, 0.25) is 0 Å². The van der Waals surface area contributed by atoms with Gasteiger partial charge in [0.1, 0.15) is 11.6 Å². The second kappa shape index (κ2) is 7.07. The van der Waals surface area contributed by atoms with Crippen LogP contribution in [-0.2, 0) is 14.3 Å². The first kappa shape index (κ1) is 17.0. The van der Waals surface area contributed by atoms with Crippen molar-refractivity contribution in [2.45, 2.75) is 46.3 Å². The van der Waals surface area contributed by atoms with E-state index in [1.807, 2.05) is 31.2 Å². The number of carbonyl (C=O) groups excluding carboxylic acids is 2. The van der Waals surface area contributed by atoms with Gasteiger partial charge < -0.3 is 10.1 Å². The number of amides is 1. The highest BCUT2D eigenvalue weighted by atomic mass is 16.6.